The molecule has 112 valence electrons. The van der Waals surface area contributed by atoms with Crippen LogP contribution in [0.2, 0.25) is 0 Å². The first-order valence-corrected chi connectivity index (χ1v) is 5.98. The number of halogens is 2. The van der Waals surface area contributed by atoms with Gasteiger partial charge in [0, 0.05) is 7.11 Å². The molecule has 0 bridgehead atoms. The molecule has 0 aliphatic carbocycles. The number of carboxylic acids is 1. The summed E-state index contributed by atoms with van der Waals surface area (Å²) in [6.07, 6.45) is 0. The van der Waals surface area contributed by atoms with E-state index in [1.807, 2.05) is 0 Å². The first-order chi connectivity index (χ1) is 9.93. The van der Waals surface area contributed by atoms with Crippen LogP contribution in [0.15, 0.2) is 23.2 Å². The summed E-state index contributed by atoms with van der Waals surface area (Å²) in [5.41, 5.74) is 0.154. The Bertz CT molecular complexity index is 618. The molecule has 1 heterocycles. The van der Waals surface area contributed by atoms with Gasteiger partial charge in [-0.2, -0.15) is 4.99 Å². The van der Waals surface area contributed by atoms with E-state index in [2.05, 4.69) is 10.3 Å². The highest BCUT2D eigenvalue weighted by Crippen LogP contribution is 2.28. The van der Waals surface area contributed by atoms with Crippen LogP contribution in [0.4, 0.5) is 13.6 Å². The number of ether oxygens (including phenoxy) is 1. The van der Waals surface area contributed by atoms with Crippen molar-refractivity contribution < 1.29 is 28.2 Å². The Kier molecular flexibility index (Phi) is 4.27. The van der Waals surface area contributed by atoms with Crippen molar-refractivity contribution in [3.63, 3.8) is 0 Å². The number of amides is 2. The lowest BCUT2D eigenvalue weighted by molar-refractivity contribution is -0.140. The van der Waals surface area contributed by atoms with E-state index in [1.165, 1.54) is 13.2 Å². The van der Waals surface area contributed by atoms with Gasteiger partial charge in [-0.15, -0.1) is 0 Å². The molecule has 1 aliphatic rings. The zero-order valence-electron chi connectivity index (χ0n) is 11.0. The highest BCUT2D eigenvalue weighted by molar-refractivity contribution is 6.09. The largest absolute Gasteiger partial charge is 0.481 e. The molecule has 1 aliphatic heterocycles. The summed E-state index contributed by atoms with van der Waals surface area (Å²) in [6.45, 7) is -0.148. The van der Waals surface area contributed by atoms with E-state index in [0.717, 1.165) is 12.1 Å². The Balaban J connectivity index is 2.45. The van der Waals surface area contributed by atoms with Gasteiger partial charge in [0.2, 0.25) is 0 Å². The zero-order valence-corrected chi connectivity index (χ0v) is 11.0. The van der Waals surface area contributed by atoms with Crippen molar-refractivity contribution in [3.05, 3.63) is 35.4 Å². The van der Waals surface area contributed by atoms with Gasteiger partial charge in [-0.25, -0.2) is 13.6 Å². The standard InChI is InChI=1S/C13H12F2N2O4/c1-21-5-9-10(12(18)19)11(17-13(20)16-9)6-2-3-7(14)8(15)4-6/h2-4,10-11H,5H2,1H3,(H,17,20)(H,18,19)/t10?,11-/m0/s1. The molecule has 21 heavy (non-hydrogen) atoms. The summed E-state index contributed by atoms with van der Waals surface area (Å²) >= 11 is 0. The van der Waals surface area contributed by atoms with Crippen LogP contribution in [-0.2, 0) is 9.53 Å². The van der Waals surface area contributed by atoms with Gasteiger partial charge >= 0.3 is 12.0 Å². The van der Waals surface area contributed by atoms with Crippen LogP contribution >= 0.6 is 0 Å². The lowest BCUT2D eigenvalue weighted by Gasteiger charge is -2.29. The van der Waals surface area contributed by atoms with Gasteiger partial charge in [0.05, 0.1) is 18.4 Å². The molecule has 1 aromatic rings. The van der Waals surface area contributed by atoms with Gasteiger partial charge in [-0.05, 0) is 17.7 Å². The Labute approximate surface area is 118 Å². The minimum Gasteiger partial charge on any atom is -0.481 e. The molecule has 2 amide bonds. The van der Waals surface area contributed by atoms with Crippen LogP contribution in [0, 0.1) is 17.6 Å². The van der Waals surface area contributed by atoms with Crippen molar-refractivity contribution in [2.75, 3.05) is 13.7 Å². The lowest BCUT2D eigenvalue weighted by Crippen LogP contribution is -2.45. The summed E-state index contributed by atoms with van der Waals surface area (Å²) in [4.78, 5) is 26.5. The quantitative estimate of drug-likeness (QED) is 0.882. The highest BCUT2D eigenvalue weighted by atomic mass is 19.2. The molecule has 1 aromatic carbocycles. The van der Waals surface area contributed by atoms with Crippen molar-refractivity contribution in [2.45, 2.75) is 6.04 Å². The normalized spacial score (nSPS) is 21.7. The van der Waals surface area contributed by atoms with Crippen LogP contribution in [0.1, 0.15) is 11.6 Å². The predicted octanol–water partition coefficient (Wildman–Crippen LogP) is 1.52. The van der Waals surface area contributed by atoms with E-state index in [9.17, 15) is 23.5 Å². The maximum absolute atomic E-state index is 13.3. The minimum absolute atomic E-state index is 0.0171. The average molecular weight is 298 g/mol. The van der Waals surface area contributed by atoms with Crippen LogP contribution in [0.25, 0.3) is 0 Å². The molecule has 0 fully saturated rings. The Morgan fingerprint density at radius 2 is 2.14 bits per heavy atom. The third-order valence-corrected chi connectivity index (χ3v) is 3.08. The molecule has 6 nitrogen and oxygen atoms in total. The second-order valence-electron chi connectivity index (χ2n) is 4.45. The molecule has 0 saturated carbocycles. The zero-order chi connectivity index (χ0) is 15.6. The number of benzene rings is 1. The Hall–Kier alpha value is -2.35. The number of carboxylic acid groups (broad SMARTS) is 1. The fourth-order valence-electron chi connectivity index (χ4n) is 2.18. The summed E-state index contributed by atoms with van der Waals surface area (Å²) < 4.78 is 31.1. The minimum atomic E-state index is -1.25. The number of carbonyl (C=O) groups excluding carboxylic acids is 1. The lowest BCUT2D eigenvalue weighted by atomic mass is 9.88. The van der Waals surface area contributed by atoms with Crippen LogP contribution < -0.4 is 5.32 Å². The van der Waals surface area contributed by atoms with E-state index >= 15 is 0 Å². The van der Waals surface area contributed by atoms with Crippen molar-refractivity contribution >= 4 is 17.7 Å². The topological polar surface area (TPSA) is 88.0 Å². The van der Waals surface area contributed by atoms with Gasteiger partial charge < -0.3 is 15.2 Å². The summed E-state index contributed by atoms with van der Waals surface area (Å²) in [7, 11) is 1.33. The SMILES string of the molecule is COCC1=NC(=O)N[C@@H](c2ccc(F)c(F)c2)C1C(=O)O. The first-order valence-electron chi connectivity index (χ1n) is 5.98. The van der Waals surface area contributed by atoms with Crippen molar-refractivity contribution in [3.8, 4) is 0 Å². The molecule has 0 saturated heterocycles. The average Bonchev–Trinajstić information content (AvgIpc) is 2.41. The third kappa shape index (κ3) is 3.05. The van der Waals surface area contributed by atoms with E-state index in [0.29, 0.717) is 0 Å². The summed E-state index contributed by atoms with van der Waals surface area (Å²) in [5, 5.41) is 11.7. The van der Waals surface area contributed by atoms with Gasteiger partial charge in [0.25, 0.3) is 0 Å². The molecule has 8 heteroatoms. The molecule has 2 N–H and O–H groups in total. The third-order valence-electron chi connectivity index (χ3n) is 3.08. The van der Waals surface area contributed by atoms with Crippen molar-refractivity contribution in [1.82, 2.24) is 5.32 Å². The van der Waals surface area contributed by atoms with Crippen LogP contribution in [-0.4, -0.2) is 36.5 Å². The molecule has 0 aromatic heterocycles. The number of aliphatic imine (C=N–C) groups is 1. The summed E-state index contributed by atoms with van der Waals surface area (Å²) in [5.74, 6) is -4.65. The van der Waals surface area contributed by atoms with Crippen molar-refractivity contribution in [1.29, 1.82) is 0 Å². The van der Waals surface area contributed by atoms with Gasteiger partial charge in [0.1, 0.15) is 5.92 Å². The van der Waals surface area contributed by atoms with Gasteiger partial charge in [-0.3, -0.25) is 4.79 Å². The maximum Gasteiger partial charge on any atom is 0.341 e. The smallest absolute Gasteiger partial charge is 0.341 e. The Morgan fingerprint density at radius 1 is 1.43 bits per heavy atom. The molecule has 0 spiro atoms. The van der Waals surface area contributed by atoms with E-state index < -0.39 is 35.6 Å². The summed E-state index contributed by atoms with van der Waals surface area (Å²) in [6, 6.07) is 1.14. The number of carbonyl (C=O) groups is 2. The number of nitrogens with one attached hydrogen (secondary N) is 1. The number of hydrogen-bond acceptors (Lipinski definition) is 3. The number of hydrogen-bond donors (Lipinski definition) is 2. The van der Waals surface area contributed by atoms with Crippen LogP contribution in [0.3, 0.4) is 0 Å². The maximum atomic E-state index is 13.3. The predicted molar refractivity (Wildman–Crippen MR) is 68.1 cm³/mol. The molecule has 0 radical (unpaired) electrons. The Morgan fingerprint density at radius 3 is 2.71 bits per heavy atom. The van der Waals surface area contributed by atoms with E-state index in [4.69, 9.17) is 4.74 Å². The number of urea groups is 1. The fraction of sp³-hybridized carbons (Fsp3) is 0.308. The molecular weight excluding hydrogens is 286 g/mol. The van der Waals surface area contributed by atoms with Crippen molar-refractivity contribution in [2.24, 2.45) is 10.9 Å². The number of rotatable bonds is 4. The van der Waals surface area contributed by atoms with E-state index in [1.54, 1.807) is 0 Å². The fourth-order valence-corrected chi connectivity index (χ4v) is 2.18. The van der Waals surface area contributed by atoms with Gasteiger partial charge in [-0.1, -0.05) is 6.07 Å². The molecule has 2 atom stereocenters. The molecule has 1 unspecified atom stereocenters. The number of aliphatic carboxylic acids is 1. The number of methoxy groups -OCH3 is 1. The molecular formula is C13H12F2N2O4. The highest BCUT2D eigenvalue weighted by Gasteiger charge is 2.38. The number of nitrogens with zero attached hydrogens (tertiary/aromatic N) is 1. The second kappa shape index (κ2) is 5.96. The molecule has 2 rings (SSSR count). The second-order valence-corrected chi connectivity index (χ2v) is 4.45. The first kappa shape index (κ1) is 15.0. The van der Waals surface area contributed by atoms with Crippen LogP contribution in [0.5, 0.6) is 0 Å². The van der Waals surface area contributed by atoms with Gasteiger partial charge in [0.15, 0.2) is 11.6 Å². The monoisotopic (exact) mass is 298 g/mol. The van der Waals surface area contributed by atoms with E-state index in [-0.39, 0.29) is 17.9 Å².